The summed E-state index contributed by atoms with van der Waals surface area (Å²) < 4.78 is 10.9. The Bertz CT molecular complexity index is 1310. The Kier molecular flexibility index (Phi) is 5.57. The minimum absolute atomic E-state index is 0.363. The number of amides is 2. The number of aryl methyl sites for hydroxylation is 2. The molecule has 0 saturated carbocycles. The van der Waals surface area contributed by atoms with Crippen LogP contribution in [-0.4, -0.2) is 32.6 Å². The van der Waals surface area contributed by atoms with Gasteiger partial charge in [0.05, 0.1) is 25.5 Å². The second kappa shape index (κ2) is 8.71. The minimum Gasteiger partial charge on any atom is -0.497 e. The molecular formula is C28H26N2O4. The van der Waals surface area contributed by atoms with Crippen molar-refractivity contribution in [3.05, 3.63) is 89.1 Å². The van der Waals surface area contributed by atoms with E-state index in [2.05, 4.69) is 6.07 Å². The maximum atomic E-state index is 14.1. The zero-order valence-corrected chi connectivity index (χ0v) is 19.5. The summed E-state index contributed by atoms with van der Waals surface area (Å²) in [7, 11) is 3.07. The van der Waals surface area contributed by atoms with Gasteiger partial charge in [-0.1, -0.05) is 48.0 Å². The lowest BCUT2D eigenvalue weighted by atomic mass is 9.98. The molecular weight excluding hydrogens is 428 g/mol. The molecule has 2 amide bonds. The van der Waals surface area contributed by atoms with E-state index in [1.165, 1.54) is 17.6 Å². The second-order valence-corrected chi connectivity index (χ2v) is 8.46. The van der Waals surface area contributed by atoms with E-state index < -0.39 is 0 Å². The van der Waals surface area contributed by atoms with Crippen molar-refractivity contribution in [3.8, 4) is 11.5 Å². The molecule has 0 unspecified atom stereocenters. The number of anilines is 2. The molecule has 6 heteroatoms. The second-order valence-electron chi connectivity index (χ2n) is 8.46. The first-order valence-electron chi connectivity index (χ1n) is 11.3. The summed E-state index contributed by atoms with van der Waals surface area (Å²) >= 11 is 0. The topological polar surface area (TPSA) is 59.1 Å². The number of carbonyl (C=O) groups is 2. The Labute approximate surface area is 199 Å². The number of imide groups is 1. The van der Waals surface area contributed by atoms with Crippen molar-refractivity contribution in [2.75, 3.05) is 30.6 Å². The summed E-state index contributed by atoms with van der Waals surface area (Å²) in [5.41, 5.74) is 5.08. The van der Waals surface area contributed by atoms with E-state index in [0.717, 1.165) is 24.1 Å². The molecule has 0 atom stereocenters. The van der Waals surface area contributed by atoms with Gasteiger partial charge in [0, 0.05) is 18.3 Å². The molecule has 2 heterocycles. The molecule has 6 nitrogen and oxygen atoms in total. The van der Waals surface area contributed by atoms with Crippen LogP contribution in [0.4, 0.5) is 11.4 Å². The highest BCUT2D eigenvalue weighted by atomic mass is 16.5. The van der Waals surface area contributed by atoms with Crippen LogP contribution in [0.5, 0.6) is 11.5 Å². The molecule has 3 aromatic carbocycles. The SMILES string of the molecule is COc1ccc(OC)c(N2C(=O)C(c3ccc(C)cc3)=C(N3CCCc4ccccc43)C2=O)c1. The monoisotopic (exact) mass is 454 g/mol. The standard InChI is InChI=1S/C28H26N2O4/c1-18-10-12-20(13-11-18)25-26(29-16-6-8-19-7-4-5-9-22(19)29)28(32)30(27(25)31)23-17-21(33-2)14-15-24(23)34-3/h4-5,7,9-15,17H,6,8,16H2,1-3H3. The van der Waals surface area contributed by atoms with Crippen LogP contribution in [0.15, 0.2) is 72.4 Å². The van der Waals surface area contributed by atoms with E-state index in [-0.39, 0.29) is 11.8 Å². The largest absolute Gasteiger partial charge is 0.497 e. The number of carbonyl (C=O) groups excluding carboxylic acids is 2. The molecule has 2 aliphatic heterocycles. The van der Waals surface area contributed by atoms with Crippen molar-refractivity contribution in [2.45, 2.75) is 19.8 Å². The number of hydrogen-bond acceptors (Lipinski definition) is 5. The molecule has 0 bridgehead atoms. The average molecular weight is 455 g/mol. The van der Waals surface area contributed by atoms with E-state index >= 15 is 0 Å². The van der Waals surface area contributed by atoms with Gasteiger partial charge in [0.25, 0.3) is 11.8 Å². The van der Waals surface area contributed by atoms with Crippen LogP contribution in [0, 0.1) is 6.92 Å². The molecule has 0 N–H and O–H groups in total. The first kappa shape index (κ1) is 21.8. The van der Waals surface area contributed by atoms with Crippen molar-refractivity contribution >= 4 is 28.8 Å². The maximum absolute atomic E-state index is 14.1. The smallest absolute Gasteiger partial charge is 0.282 e. The van der Waals surface area contributed by atoms with Gasteiger partial charge in [0.15, 0.2) is 0 Å². The molecule has 2 aliphatic rings. The van der Waals surface area contributed by atoms with Gasteiger partial charge in [-0.2, -0.15) is 0 Å². The first-order chi connectivity index (χ1) is 16.5. The zero-order chi connectivity index (χ0) is 23.8. The highest BCUT2D eigenvalue weighted by molar-refractivity contribution is 6.46. The maximum Gasteiger partial charge on any atom is 0.282 e. The number of rotatable bonds is 5. The van der Waals surface area contributed by atoms with E-state index in [1.54, 1.807) is 25.3 Å². The summed E-state index contributed by atoms with van der Waals surface area (Å²) in [5.74, 6) is 0.207. The molecule has 0 radical (unpaired) electrons. The fraction of sp³-hybridized carbons (Fsp3) is 0.214. The van der Waals surface area contributed by atoms with Gasteiger partial charge in [0.1, 0.15) is 17.2 Å². The van der Waals surface area contributed by atoms with Crippen LogP contribution < -0.4 is 19.3 Å². The van der Waals surface area contributed by atoms with Crippen molar-refractivity contribution in [2.24, 2.45) is 0 Å². The average Bonchev–Trinajstić information content (AvgIpc) is 3.13. The normalized spacial score (nSPS) is 15.6. The Balaban J connectivity index is 1.71. The summed E-state index contributed by atoms with van der Waals surface area (Å²) in [6.45, 7) is 2.65. The van der Waals surface area contributed by atoms with Crippen molar-refractivity contribution in [1.29, 1.82) is 0 Å². The predicted molar refractivity (Wildman–Crippen MR) is 132 cm³/mol. The summed E-state index contributed by atoms with van der Waals surface area (Å²) in [4.78, 5) is 31.2. The Morgan fingerprint density at radius 2 is 1.59 bits per heavy atom. The Morgan fingerprint density at radius 3 is 2.32 bits per heavy atom. The number of para-hydroxylation sites is 1. The van der Waals surface area contributed by atoms with E-state index in [0.29, 0.717) is 40.6 Å². The summed E-state index contributed by atoms with van der Waals surface area (Å²) in [6.07, 6.45) is 1.83. The third-order valence-corrected chi connectivity index (χ3v) is 6.41. The molecule has 0 saturated heterocycles. The molecule has 5 rings (SSSR count). The van der Waals surface area contributed by atoms with Crippen molar-refractivity contribution in [1.82, 2.24) is 0 Å². The number of fused-ring (bicyclic) bond motifs is 1. The number of methoxy groups -OCH3 is 2. The molecule has 0 fully saturated rings. The van der Waals surface area contributed by atoms with Gasteiger partial charge < -0.3 is 14.4 Å². The molecule has 172 valence electrons. The molecule has 0 spiro atoms. The quantitative estimate of drug-likeness (QED) is 0.521. The van der Waals surface area contributed by atoms with Crippen LogP contribution in [0.3, 0.4) is 0 Å². The van der Waals surface area contributed by atoms with Crippen LogP contribution >= 0.6 is 0 Å². The van der Waals surface area contributed by atoms with Gasteiger partial charge in [-0.15, -0.1) is 0 Å². The van der Waals surface area contributed by atoms with Gasteiger partial charge in [0.2, 0.25) is 0 Å². The van der Waals surface area contributed by atoms with E-state index in [9.17, 15) is 9.59 Å². The lowest BCUT2D eigenvalue weighted by Gasteiger charge is -2.32. The molecule has 0 aromatic heterocycles. The fourth-order valence-electron chi connectivity index (χ4n) is 4.71. The van der Waals surface area contributed by atoms with Gasteiger partial charge in [-0.3, -0.25) is 9.59 Å². The molecule has 3 aromatic rings. The lowest BCUT2D eigenvalue weighted by Crippen LogP contribution is -2.37. The van der Waals surface area contributed by atoms with Crippen molar-refractivity contribution in [3.63, 3.8) is 0 Å². The zero-order valence-electron chi connectivity index (χ0n) is 19.5. The molecule has 0 aliphatic carbocycles. The van der Waals surface area contributed by atoms with Gasteiger partial charge >= 0.3 is 0 Å². The van der Waals surface area contributed by atoms with E-state index in [1.807, 2.05) is 54.3 Å². The third kappa shape index (κ3) is 3.52. The summed E-state index contributed by atoms with van der Waals surface area (Å²) in [6, 6.07) is 20.9. The minimum atomic E-state index is -0.376. The number of ether oxygens (including phenoxy) is 2. The number of hydrogen-bond donors (Lipinski definition) is 0. The highest BCUT2D eigenvalue weighted by Gasteiger charge is 2.44. The highest BCUT2D eigenvalue weighted by Crippen LogP contribution is 2.42. The van der Waals surface area contributed by atoms with Crippen LogP contribution in [0.1, 0.15) is 23.1 Å². The Hall–Kier alpha value is -4.06. The van der Waals surface area contributed by atoms with E-state index in [4.69, 9.17) is 9.47 Å². The molecule has 34 heavy (non-hydrogen) atoms. The lowest BCUT2D eigenvalue weighted by molar-refractivity contribution is -0.120. The third-order valence-electron chi connectivity index (χ3n) is 6.41. The van der Waals surface area contributed by atoms with Gasteiger partial charge in [-0.25, -0.2) is 4.90 Å². The van der Waals surface area contributed by atoms with Crippen LogP contribution in [-0.2, 0) is 16.0 Å². The van der Waals surface area contributed by atoms with Crippen molar-refractivity contribution < 1.29 is 19.1 Å². The van der Waals surface area contributed by atoms with Crippen LogP contribution in [0.2, 0.25) is 0 Å². The first-order valence-corrected chi connectivity index (χ1v) is 11.3. The fourth-order valence-corrected chi connectivity index (χ4v) is 4.71. The van der Waals surface area contributed by atoms with Crippen LogP contribution in [0.25, 0.3) is 5.57 Å². The number of benzene rings is 3. The Morgan fingerprint density at radius 1 is 0.824 bits per heavy atom. The number of nitrogens with zero attached hydrogens (tertiary/aromatic N) is 2. The predicted octanol–water partition coefficient (Wildman–Crippen LogP) is 4.75. The van der Waals surface area contributed by atoms with Gasteiger partial charge in [-0.05, 0) is 49.1 Å². The summed E-state index contributed by atoms with van der Waals surface area (Å²) in [5, 5.41) is 0.